The molecule has 0 spiro atoms. The van der Waals surface area contributed by atoms with Gasteiger partial charge in [0.2, 0.25) is 5.91 Å². The SMILES string of the molecule is N#CCCN(C(=O)C1CCOC1)c1ccccc1. The molecule has 18 heavy (non-hydrogen) atoms. The largest absolute Gasteiger partial charge is 0.381 e. The lowest BCUT2D eigenvalue weighted by atomic mass is 10.1. The first kappa shape index (κ1) is 12.6. The van der Waals surface area contributed by atoms with E-state index in [9.17, 15) is 4.79 Å². The lowest BCUT2D eigenvalue weighted by molar-refractivity contribution is -0.122. The molecule has 2 rings (SSSR count). The molecule has 1 saturated heterocycles. The third-order valence-corrected chi connectivity index (χ3v) is 3.06. The summed E-state index contributed by atoms with van der Waals surface area (Å²) < 4.78 is 5.26. The summed E-state index contributed by atoms with van der Waals surface area (Å²) in [4.78, 5) is 14.1. The maximum atomic E-state index is 12.4. The number of rotatable bonds is 4. The number of benzene rings is 1. The van der Waals surface area contributed by atoms with E-state index in [1.807, 2.05) is 30.3 Å². The molecule has 4 heteroatoms. The van der Waals surface area contributed by atoms with Gasteiger partial charge in [-0.3, -0.25) is 4.79 Å². The van der Waals surface area contributed by atoms with E-state index in [4.69, 9.17) is 10.00 Å². The Morgan fingerprint density at radius 3 is 2.83 bits per heavy atom. The van der Waals surface area contributed by atoms with E-state index >= 15 is 0 Å². The number of anilines is 1. The third-order valence-electron chi connectivity index (χ3n) is 3.06. The summed E-state index contributed by atoms with van der Waals surface area (Å²) in [5.41, 5.74) is 0.852. The van der Waals surface area contributed by atoms with Crippen LogP contribution in [0.25, 0.3) is 0 Å². The van der Waals surface area contributed by atoms with Crippen LogP contribution in [-0.2, 0) is 9.53 Å². The van der Waals surface area contributed by atoms with Crippen LogP contribution in [0.2, 0.25) is 0 Å². The first-order chi connectivity index (χ1) is 8.83. The monoisotopic (exact) mass is 244 g/mol. The number of carbonyl (C=O) groups is 1. The van der Waals surface area contributed by atoms with Gasteiger partial charge in [-0.1, -0.05) is 18.2 Å². The van der Waals surface area contributed by atoms with Gasteiger partial charge in [0.15, 0.2) is 0 Å². The molecule has 1 aromatic carbocycles. The predicted molar refractivity (Wildman–Crippen MR) is 68.0 cm³/mol. The van der Waals surface area contributed by atoms with Gasteiger partial charge in [-0.15, -0.1) is 0 Å². The van der Waals surface area contributed by atoms with Gasteiger partial charge < -0.3 is 9.64 Å². The van der Waals surface area contributed by atoms with E-state index < -0.39 is 0 Å². The number of hydrogen-bond donors (Lipinski definition) is 0. The highest BCUT2D eigenvalue weighted by molar-refractivity contribution is 5.95. The minimum absolute atomic E-state index is 0.0638. The standard InChI is InChI=1S/C14H16N2O2/c15-8-4-9-16(13-5-2-1-3-6-13)14(17)12-7-10-18-11-12/h1-3,5-6,12H,4,7,9-11H2. The van der Waals surface area contributed by atoms with Crippen molar-refractivity contribution in [1.29, 1.82) is 5.26 Å². The van der Waals surface area contributed by atoms with Gasteiger partial charge in [0.05, 0.1) is 25.0 Å². The number of ether oxygens (including phenoxy) is 1. The van der Waals surface area contributed by atoms with Gasteiger partial charge in [-0.2, -0.15) is 5.26 Å². The molecule has 1 aromatic rings. The van der Waals surface area contributed by atoms with Crippen molar-refractivity contribution >= 4 is 11.6 Å². The molecule has 94 valence electrons. The summed E-state index contributed by atoms with van der Waals surface area (Å²) in [6.45, 7) is 1.59. The van der Waals surface area contributed by atoms with Crippen molar-refractivity contribution in [1.82, 2.24) is 0 Å². The van der Waals surface area contributed by atoms with Crippen molar-refractivity contribution in [2.45, 2.75) is 12.8 Å². The summed E-state index contributed by atoms with van der Waals surface area (Å²) >= 11 is 0. The Bertz CT molecular complexity index is 433. The molecular weight excluding hydrogens is 228 g/mol. The van der Waals surface area contributed by atoms with Crippen molar-refractivity contribution in [2.24, 2.45) is 5.92 Å². The van der Waals surface area contributed by atoms with Gasteiger partial charge in [-0.05, 0) is 18.6 Å². The normalized spacial score (nSPS) is 18.3. The Labute approximate surface area is 107 Å². The highest BCUT2D eigenvalue weighted by atomic mass is 16.5. The van der Waals surface area contributed by atoms with Gasteiger partial charge in [0.1, 0.15) is 0 Å². The Morgan fingerprint density at radius 1 is 1.44 bits per heavy atom. The van der Waals surface area contributed by atoms with Crippen LogP contribution in [0.3, 0.4) is 0 Å². The quantitative estimate of drug-likeness (QED) is 0.813. The Kier molecular flexibility index (Phi) is 4.32. The topological polar surface area (TPSA) is 53.3 Å². The number of amides is 1. The van der Waals surface area contributed by atoms with E-state index in [1.54, 1.807) is 4.90 Å². The molecule has 4 nitrogen and oxygen atoms in total. The Hall–Kier alpha value is -1.86. The van der Waals surface area contributed by atoms with Crippen molar-refractivity contribution in [3.05, 3.63) is 30.3 Å². The molecule has 0 radical (unpaired) electrons. The first-order valence-electron chi connectivity index (χ1n) is 6.14. The van der Waals surface area contributed by atoms with Crippen molar-refractivity contribution < 1.29 is 9.53 Å². The molecule has 1 unspecified atom stereocenters. The van der Waals surface area contributed by atoms with Crippen LogP contribution in [0.1, 0.15) is 12.8 Å². The van der Waals surface area contributed by atoms with Crippen LogP contribution in [0, 0.1) is 17.2 Å². The minimum atomic E-state index is -0.0658. The lowest BCUT2D eigenvalue weighted by Gasteiger charge is -2.24. The molecule has 1 atom stereocenters. The molecule has 0 saturated carbocycles. The maximum absolute atomic E-state index is 12.4. The van der Waals surface area contributed by atoms with Crippen LogP contribution in [-0.4, -0.2) is 25.7 Å². The molecule has 1 aliphatic heterocycles. The average Bonchev–Trinajstić information content (AvgIpc) is 2.94. The molecule has 1 heterocycles. The van der Waals surface area contributed by atoms with Gasteiger partial charge >= 0.3 is 0 Å². The van der Waals surface area contributed by atoms with E-state index in [0.29, 0.717) is 26.2 Å². The fraction of sp³-hybridized carbons (Fsp3) is 0.429. The second-order valence-corrected chi connectivity index (χ2v) is 4.29. The fourth-order valence-corrected chi connectivity index (χ4v) is 2.09. The zero-order valence-corrected chi connectivity index (χ0v) is 10.2. The smallest absolute Gasteiger partial charge is 0.232 e. The molecule has 1 aliphatic rings. The number of para-hydroxylation sites is 1. The van der Waals surface area contributed by atoms with E-state index in [-0.39, 0.29) is 11.8 Å². The number of nitrogens with zero attached hydrogens (tertiary/aromatic N) is 2. The second kappa shape index (κ2) is 6.18. The van der Waals surface area contributed by atoms with Crippen LogP contribution >= 0.6 is 0 Å². The molecule has 1 fully saturated rings. The van der Waals surface area contributed by atoms with E-state index in [2.05, 4.69) is 6.07 Å². The van der Waals surface area contributed by atoms with Gasteiger partial charge in [-0.25, -0.2) is 0 Å². The highest BCUT2D eigenvalue weighted by Gasteiger charge is 2.28. The Morgan fingerprint density at radius 2 is 2.22 bits per heavy atom. The summed E-state index contributed by atoms with van der Waals surface area (Å²) in [6, 6.07) is 11.6. The second-order valence-electron chi connectivity index (χ2n) is 4.29. The number of nitriles is 1. The summed E-state index contributed by atoms with van der Waals surface area (Å²) in [7, 11) is 0. The fourth-order valence-electron chi connectivity index (χ4n) is 2.09. The predicted octanol–water partition coefficient (Wildman–Crippen LogP) is 1.97. The zero-order valence-electron chi connectivity index (χ0n) is 10.2. The van der Waals surface area contributed by atoms with Crippen LogP contribution in [0.5, 0.6) is 0 Å². The average molecular weight is 244 g/mol. The molecule has 0 aliphatic carbocycles. The third kappa shape index (κ3) is 2.88. The van der Waals surface area contributed by atoms with Crippen LogP contribution < -0.4 is 4.90 Å². The molecular formula is C14H16N2O2. The maximum Gasteiger partial charge on any atom is 0.232 e. The van der Waals surface area contributed by atoms with E-state index in [0.717, 1.165) is 12.1 Å². The van der Waals surface area contributed by atoms with Crippen LogP contribution in [0.4, 0.5) is 5.69 Å². The first-order valence-corrected chi connectivity index (χ1v) is 6.14. The number of carbonyl (C=O) groups excluding carboxylic acids is 1. The summed E-state index contributed by atoms with van der Waals surface area (Å²) in [5, 5.41) is 8.70. The Balaban J connectivity index is 2.14. The minimum Gasteiger partial charge on any atom is -0.381 e. The van der Waals surface area contributed by atoms with Crippen molar-refractivity contribution in [2.75, 3.05) is 24.7 Å². The molecule has 1 amide bonds. The van der Waals surface area contributed by atoms with Gasteiger partial charge in [0, 0.05) is 18.8 Å². The zero-order chi connectivity index (χ0) is 12.8. The highest BCUT2D eigenvalue weighted by Crippen LogP contribution is 2.21. The van der Waals surface area contributed by atoms with Crippen molar-refractivity contribution in [3.63, 3.8) is 0 Å². The molecule has 0 N–H and O–H groups in total. The van der Waals surface area contributed by atoms with Crippen LogP contribution in [0.15, 0.2) is 30.3 Å². The number of hydrogen-bond acceptors (Lipinski definition) is 3. The lowest BCUT2D eigenvalue weighted by Crippen LogP contribution is -2.37. The molecule has 0 bridgehead atoms. The van der Waals surface area contributed by atoms with E-state index in [1.165, 1.54) is 0 Å². The molecule has 0 aromatic heterocycles. The van der Waals surface area contributed by atoms with Gasteiger partial charge in [0.25, 0.3) is 0 Å². The summed E-state index contributed by atoms with van der Waals surface area (Å²) in [5.74, 6) is -0.00199. The van der Waals surface area contributed by atoms with Crippen molar-refractivity contribution in [3.8, 4) is 6.07 Å². The summed E-state index contributed by atoms with van der Waals surface area (Å²) in [6.07, 6.45) is 1.11.